The van der Waals surface area contributed by atoms with Crippen molar-refractivity contribution in [3.05, 3.63) is 16.1 Å². The van der Waals surface area contributed by atoms with E-state index < -0.39 is 0 Å². The lowest BCUT2D eigenvalue weighted by Gasteiger charge is -2.34. The highest BCUT2D eigenvalue weighted by Crippen LogP contribution is 2.18. The molecule has 1 aliphatic heterocycles. The molecule has 2 rings (SSSR count). The molecule has 124 valence electrons. The molecule has 0 spiro atoms. The minimum absolute atomic E-state index is 0. The third-order valence-electron chi connectivity index (χ3n) is 3.76. The first-order valence-corrected chi connectivity index (χ1v) is 8.59. The topological polar surface area (TPSA) is 28.2 Å². The quantitative estimate of drug-likeness (QED) is 0.805. The molecule has 0 saturated carbocycles. The van der Waals surface area contributed by atoms with Crippen molar-refractivity contribution in [3.63, 3.8) is 0 Å². The van der Waals surface area contributed by atoms with Gasteiger partial charge in [0, 0.05) is 18.0 Å². The summed E-state index contributed by atoms with van der Waals surface area (Å²) in [7, 11) is 0. The Kier molecular flexibility index (Phi) is 11.7. The largest absolute Gasteiger partial charge is 0.317 e. The zero-order chi connectivity index (χ0) is 13.5. The molecule has 21 heavy (non-hydrogen) atoms. The number of piperidine rings is 1. The number of hydrogen-bond donors (Lipinski definition) is 1. The molecule has 0 aliphatic carbocycles. The minimum Gasteiger partial charge on any atom is -0.317 e. The van der Waals surface area contributed by atoms with Crippen LogP contribution in [0.15, 0.2) is 5.38 Å². The molecule has 1 fully saturated rings. The van der Waals surface area contributed by atoms with Gasteiger partial charge < -0.3 is 5.32 Å². The first-order valence-electron chi connectivity index (χ1n) is 7.71. The number of thiazole rings is 1. The van der Waals surface area contributed by atoms with Crippen LogP contribution in [0.5, 0.6) is 0 Å². The van der Waals surface area contributed by atoms with Crippen LogP contribution in [0.3, 0.4) is 0 Å². The van der Waals surface area contributed by atoms with Crippen LogP contribution in [0.2, 0.25) is 0 Å². The molecule has 0 bridgehead atoms. The number of halogens is 2. The fourth-order valence-electron chi connectivity index (χ4n) is 2.81. The monoisotopic (exact) mass is 353 g/mol. The third-order valence-corrected chi connectivity index (χ3v) is 4.72. The number of aryl methyl sites for hydroxylation is 1. The van der Waals surface area contributed by atoms with E-state index in [4.69, 9.17) is 4.98 Å². The molecule has 3 nitrogen and oxygen atoms in total. The lowest BCUT2D eigenvalue weighted by Crippen LogP contribution is -2.43. The molecule has 2 heterocycles. The maximum absolute atomic E-state index is 4.78. The number of aromatic nitrogens is 1. The summed E-state index contributed by atoms with van der Waals surface area (Å²) in [4.78, 5) is 7.42. The number of hydrogen-bond acceptors (Lipinski definition) is 4. The smallest absolute Gasteiger partial charge is 0.0928 e. The van der Waals surface area contributed by atoms with Gasteiger partial charge in [-0.15, -0.1) is 36.2 Å². The van der Waals surface area contributed by atoms with Crippen LogP contribution in [0.1, 0.15) is 50.2 Å². The minimum atomic E-state index is 0. The van der Waals surface area contributed by atoms with E-state index in [2.05, 4.69) is 29.4 Å². The highest BCUT2D eigenvalue weighted by molar-refractivity contribution is 7.09. The number of nitrogens with zero attached hydrogens (tertiary/aromatic N) is 2. The highest BCUT2D eigenvalue weighted by Gasteiger charge is 2.21. The molecule has 1 aromatic rings. The van der Waals surface area contributed by atoms with Crippen molar-refractivity contribution >= 4 is 36.2 Å². The van der Waals surface area contributed by atoms with Crippen LogP contribution in [0.25, 0.3) is 0 Å². The Labute approximate surface area is 145 Å². The van der Waals surface area contributed by atoms with Crippen LogP contribution in [-0.2, 0) is 13.0 Å². The van der Waals surface area contributed by atoms with Crippen LogP contribution >= 0.6 is 36.2 Å². The van der Waals surface area contributed by atoms with Gasteiger partial charge in [-0.2, -0.15) is 0 Å². The molecule has 0 amide bonds. The van der Waals surface area contributed by atoms with Crippen LogP contribution < -0.4 is 5.32 Å². The van der Waals surface area contributed by atoms with Gasteiger partial charge in [0.2, 0.25) is 0 Å². The Bertz CT molecular complexity index is 368. The van der Waals surface area contributed by atoms with E-state index in [-0.39, 0.29) is 24.8 Å². The molecule has 0 radical (unpaired) electrons. The van der Waals surface area contributed by atoms with Crippen molar-refractivity contribution in [2.24, 2.45) is 0 Å². The first kappa shape index (κ1) is 21.1. The van der Waals surface area contributed by atoms with Crippen molar-refractivity contribution in [2.45, 2.75) is 58.5 Å². The van der Waals surface area contributed by atoms with Gasteiger partial charge in [-0.05, 0) is 51.7 Å². The average Bonchev–Trinajstić information content (AvgIpc) is 2.87. The van der Waals surface area contributed by atoms with E-state index in [1.807, 2.05) is 11.3 Å². The molecule has 0 aromatic carbocycles. The van der Waals surface area contributed by atoms with Gasteiger partial charge in [-0.1, -0.05) is 13.8 Å². The van der Waals surface area contributed by atoms with Gasteiger partial charge in [0.05, 0.1) is 10.7 Å². The van der Waals surface area contributed by atoms with Crippen molar-refractivity contribution in [2.75, 3.05) is 19.6 Å². The van der Waals surface area contributed by atoms with Gasteiger partial charge in [-0.3, -0.25) is 4.90 Å². The second-order valence-electron chi connectivity index (χ2n) is 5.43. The molecule has 1 N–H and O–H groups in total. The average molecular weight is 354 g/mol. The molecular weight excluding hydrogens is 325 g/mol. The summed E-state index contributed by atoms with van der Waals surface area (Å²) < 4.78 is 0. The summed E-state index contributed by atoms with van der Waals surface area (Å²) in [6, 6.07) is 0.748. The van der Waals surface area contributed by atoms with Crippen LogP contribution in [-0.4, -0.2) is 35.6 Å². The normalized spacial score (nSPS) is 15.6. The van der Waals surface area contributed by atoms with E-state index in [9.17, 15) is 0 Å². The zero-order valence-electron chi connectivity index (χ0n) is 13.1. The summed E-state index contributed by atoms with van der Waals surface area (Å²) in [5, 5.41) is 7.02. The summed E-state index contributed by atoms with van der Waals surface area (Å²) in [6.07, 6.45) is 6.12. The number of nitrogens with one attached hydrogen (secondary N) is 1. The fourth-order valence-corrected chi connectivity index (χ4v) is 3.70. The van der Waals surface area contributed by atoms with Crippen molar-refractivity contribution in [3.8, 4) is 0 Å². The standard InChI is InChI=1S/C15H27N3S.2ClH/c1-3-5-15-17-13(12-19-15)11-18(10-4-2)14-6-8-16-9-7-14;;/h12,14,16H,3-11H2,1-2H3;2*1H. The van der Waals surface area contributed by atoms with E-state index in [0.29, 0.717) is 0 Å². The van der Waals surface area contributed by atoms with E-state index in [1.54, 1.807) is 0 Å². The summed E-state index contributed by atoms with van der Waals surface area (Å²) in [5.41, 5.74) is 1.28. The molecule has 0 atom stereocenters. The van der Waals surface area contributed by atoms with Crippen LogP contribution in [0, 0.1) is 0 Å². The number of rotatable bonds is 7. The Morgan fingerprint density at radius 1 is 1.24 bits per heavy atom. The molecule has 1 aliphatic rings. The predicted octanol–water partition coefficient (Wildman–Crippen LogP) is 3.90. The Morgan fingerprint density at radius 2 is 1.95 bits per heavy atom. The van der Waals surface area contributed by atoms with Gasteiger partial charge in [0.25, 0.3) is 0 Å². The molecule has 6 heteroatoms. The molecule has 1 aromatic heterocycles. The van der Waals surface area contributed by atoms with Crippen molar-refractivity contribution in [1.29, 1.82) is 0 Å². The van der Waals surface area contributed by atoms with Gasteiger partial charge in [0.15, 0.2) is 0 Å². The maximum Gasteiger partial charge on any atom is 0.0928 e. The van der Waals surface area contributed by atoms with E-state index in [0.717, 1.165) is 19.0 Å². The maximum atomic E-state index is 4.78. The lowest BCUT2D eigenvalue weighted by molar-refractivity contribution is 0.152. The van der Waals surface area contributed by atoms with E-state index >= 15 is 0 Å². The van der Waals surface area contributed by atoms with Crippen molar-refractivity contribution in [1.82, 2.24) is 15.2 Å². The SMILES string of the molecule is CCCc1nc(CN(CCC)C2CCNCC2)cs1.Cl.Cl. The zero-order valence-corrected chi connectivity index (χ0v) is 15.6. The van der Waals surface area contributed by atoms with E-state index in [1.165, 1.54) is 56.0 Å². The second kappa shape index (κ2) is 11.7. The Hall–Kier alpha value is 0.130. The van der Waals surface area contributed by atoms with Gasteiger partial charge in [-0.25, -0.2) is 4.98 Å². The Balaban J connectivity index is 0.00000200. The molecular formula is C15H29Cl2N3S. The van der Waals surface area contributed by atoms with Gasteiger partial charge in [0.1, 0.15) is 0 Å². The first-order chi connectivity index (χ1) is 9.33. The summed E-state index contributed by atoms with van der Waals surface area (Å²) in [5.74, 6) is 0. The van der Waals surface area contributed by atoms with Crippen LogP contribution in [0.4, 0.5) is 0 Å². The van der Waals surface area contributed by atoms with Crippen molar-refractivity contribution < 1.29 is 0 Å². The Morgan fingerprint density at radius 3 is 2.57 bits per heavy atom. The highest BCUT2D eigenvalue weighted by atomic mass is 35.5. The summed E-state index contributed by atoms with van der Waals surface area (Å²) in [6.45, 7) is 9.08. The predicted molar refractivity (Wildman–Crippen MR) is 97.2 cm³/mol. The molecule has 0 unspecified atom stereocenters. The lowest BCUT2D eigenvalue weighted by atomic mass is 10.0. The molecule has 1 saturated heterocycles. The van der Waals surface area contributed by atoms with Gasteiger partial charge >= 0.3 is 0 Å². The fraction of sp³-hybridized carbons (Fsp3) is 0.800. The second-order valence-corrected chi connectivity index (χ2v) is 6.38. The third kappa shape index (κ3) is 6.83. The summed E-state index contributed by atoms with van der Waals surface area (Å²) >= 11 is 1.83.